The van der Waals surface area contributed by atoms with Gasteiger partial charge in [-0.25, -0.2) is 0 Å². The zero-order valence-corrected chi connectivity index (χ0v) is 8.02. The highest BCUT2D eigenvalue weighted by molar-refractivity contribution is 5.83. The van der Waals surface area contributed by atoms with Gasteiger partial charge in [-0.1, -0.05) is 13.8 Å². The minimum atomic E-state index is -0.269. The number of rotatable bonds is 2. The molecule has 0 radical (unpaired) electrons. The number of amides is 1. The van der Waals surface area contributed by atoms with Crippen molar-refractivity contribution in [3.05, 3.63) is 0 Å². The Morgan fingerprint density at radius 3 is 2.58 bits per heavy atom. The quantitative estimate of drug-likeness (QED) is 0.667. The van der Waals surface area contributed by atoms with E-state index in [-0.39, 0.29) is 11.3 Å². The van der Waals surface area contributed by atoms with Crippen LogP contribution < -0.4 is 5.32 Å². The van der Waals surface area contributed by atoms with Crippen molar-refractivity contribution in [1.82, 2.24) is 5.32 Å². The van der Waals surface area contributed by atoms with Gasteiger partial charge >= 0.3 is 0 Å². The zero-order valence-electron chi connectivity index (χ0n) is 8.02. The van der Waals surface area contributed by atoms with Crippen LogP contribution in [0.5, 0.6) is 0 Å². The number of carbonyl (C=O) groups is 1. The van der Waals surface area contributed by atoms with Crippen molar-refractivity contribution in [3.63, 3.8) is 0 Å². The first-order valence-corrected chi connectivity index (χ1v) is 4.43. The summed E-state index contributed by atoms with van der Waals surface area (Å²) in [7, 11) is 1.69. The third-order valence-electron chi connectivity index (χ3n) is 2.84. The molecule has 1 amide bonds. The van der Waals surface area contributed by atoms with Crippen LogP contribution in [-0.2, 0) is 9.53 Å². The minimum Gasteiger partial charge on any atom is -0.380 e. The Bertz CT molecular complexity index is 171. The topological polar surface area (TPSA) is 38.3 Å². The summed E-state index contributed by atoms with van der Waals surface area (Å²) >= 11 is 0. The van der Waals surface area contributed by atoms with Gasteiger partial charge < -0.3 is 10.1 Å². The van der Waals surface area contributed by atoms with E-state index in [0.717, 1.165) is 6.42 Å². The van der Waals surface area contributed by atoms with Crippen molar-refractivity contribution in [2.75, 3.05) is 20.3 Å². The van der Waals surface area contributed by atoms with Crippen LogP contribution in [0.25, 0.3) is 0 Å². The van der Waals surface area contributed by atoms with Gasteiger partial charge in [-0.05, 0) is 12.3 Å². The standard InChI is InChI=1S/C9H17NO2/c1-7(2)9(8(11)10-3)4-5-12-6-9/h7H,4-6H2,1-3H3,(H,10,11). The van der Waals surface area contributed by atoms with Gasteiger partial charge in [-0.3, -0.25) is 4.79 Å². The molecule has 3 heteroatoms. The van der Waals surface area contributed by atoms with Crippen LogP contribution in [-0.4, -0.2) is 26.2 Å². The molecule has 0 aromatic carbocycles. The lowest BCUT2D eigenvalue weighted by Gasteiger charge is -2.29. The molecule has 1 aliphatic rings. The highest BCUT2D eigenvalue weighted by Crippen LogP contribution is 2.36. The van der Waals surface area contributed by atoms with Crippen molar-refractivity contribution < 1.29 is 9.53 Å². The minimum absolute atomic E-state index is 0.120. The molecule has 0 saturated carbocycles. The predicted molar refractivity (Wildman–Crippen MR) is 46.8 cm³/mol. The lowest BCUT2D eigenvalue weighted by atomic mass is 9.76. The Balaban J connectivity index is 2.78. The lowest BCUT2D eigenvalue weighted by molar-refractivity contribution is -0.133. The number of ether oxygens (including phenoxy) is 1. The highest BCUT2D eigenvalue weighted by Gasteiger charge is 2.44. The molecule has 1 N–H and O–H groups in total. The Kier molecular flexibility index (Phi) is 2.73. The molecule has 1 fully saturated rings. The average Bonchev–Trinajstić information content (AvgIpc) is 2.52. The third kappa shape index (κ3) is 1.33. The summed E-state index contributed by atoms with van der Waals surface area (Å²) in [5.74, 6) is 0.468. The Hall–Kier alpha value is -0.570. The Morgan fingerprint density at radius 1 is 1.58 bits per heavy atom. The highest BCUT2D eigenvalue weighted by atomic mass is 16.5. The van der Waals surface area contributed by atoms with Gasteiger partial charge in [0.1, 0.15) is 0 Å². The van der Waals surface area contributed by atoms with Gasteiger partial charge in [0.05, 0.1) is 12.0 Å². The molecule has 1 aliphatic heterocycles. The number of nitrogens with one attached hydrogen (secondary N) is 1. The first kappa shape index (κ1) is 9.52. The van der Waals surface area contributed by atoms with Crippen LogP contribution >= 0.6 is 0 Å². The molecule has 0 aromatic heterocycles. The number of hydrogen-bond acceptors (Lipinski definition) is 2. The van der Waals surface area contributed by atoms with Crippen molar-refractivity contribution in [2.45, 2.75) is 20.3 Å². The maximum absolute atomic E-state index is 11.6. The second kappa shape index (κ2) is 3.44. The van der Waals surface area contributed by atoms with E-state index in [1.807, 2.05) is 0 Å². The van der Waals surface area contributed by atoms with E-state index in [1.165, 1.54) is 0 Å². The summed E-state index contributed by atoms with van der Waals surface area (Å²) in [5, 5.41) is 2.71. The Labute approximate surface area is 73.5 Å². The zero-order chi connectivity index (χ0) is 9.19. The fourth-order valence-electron chi connectivity index (χ4n) is 1.73. The van der Waals surface area contributed by atoms with Gasteiger partial charge in [-0.15, -0.1) is 0 Å². The van der Waals surface area contributed by atoms with E-state index in [9.17, 15) is 4.79 Å². The van der Waals surface area contributed by atoms with Gasteiger partial charge in [0.25, 0.3) is 0 Å². The summed E-state index contributed by atoms with van der Waals surface area (Å²) in [4.78, 5) is 11.6. The summed E-state index contributed by atoms with van der Waals surface area (Å²) in [6.45, 7) is 5.43. The maximum atomic E-state index is 11.6. The molecule has 70 valence electrons. The van der Waals surface area contributed by atoms with E-state index in [0.29, 0.717) is 19.1 Å². The van der Waals surface area contributed by atoms with E-state index in [1.54, 1.807) is 7.05 Å². The lowest BCUT2D eigenvalue weighted by Crippen LogP contribution is -2.43. The van der Waals surface area contributed by atoms with E-state index >= 15 is 0 Å². The molecule has 1 saturated heterocycles. The molecule has 3 nitrogen and oxygen atoms in total. The van der Waals surface area contributed by atoms with Gasteiger partial charge in [0.2, 0.25) is 5.91 Å². The Morgan fingerprint density at radius 2 is 2.25 bits per heavy atom. The van der Waals surface area contributed by atoms with Gasteiger partial charge in [0.15, 0.2) is 0 Å². The molecule has 0 spiro atoms. The average molecular weight is 171 g/mol. The summed E-state index contributed by atoms with van der Waals surface area (Å²) in [5.41, 5.74) is -0.269. The van der Waals surface area contributed by atoms with E-state index in [4.69, 9.17) is 4.74 Å². The van der Waals surface area contributed by atoms with Crippen molar-refractivity contribution in [3.8, 4) is 0 Å². The largest absolute Gasteiger partial charge is 0.380 e. The molecular weight excluding hydrogens is 154 g/mol. The van der Waals surface area contributed by atoms with Crippen LogP contribution in [0.15, 0.2) is 0 Å². The number of carbonyl (C=O) groups excluding carboxylic acids is 1. The number of hydrogen-bond donors (Lipinski definition) is 1. The first-order valence-electron chi connectivity index (χ1n) is 4.43. The molecule has 0 aromatic rings. The van der Waals surface area contributed by atoms with E-state index in [2.05, 4.69) is 19.2 Å². The van der Waals surface area contributed by atoms with Gasteiger partial charge in [0, 0.05) is 13.7 Å². The van der Waals surface area contributed by atoms with Crippen LogP contribution in [0.2, 0.25) is 0 Å². The molecule has 1 atom stereocenters. The molecule has 1 unspecified atom stereocenters. The molecule has 1 rings (SSSR count). The normalized spacial score (nSPS) is 29.3. The van der Waals surface area contributed by atoms with Crippen molar-refractivity contribution >= 4 is 5.91 Å². The fraction of sp³-hybridized carbons (Fsp3) is 0.889. The SMILES string of the molecule is CNC(=O)C1(C(C)C)CCOC1. The summed E-state index contributed by atoms with van der Waals surface area (Å²) in [6.07, 6.45) is 0.852. The predicted octanol–water partition coefficient (Wildman–Crippen LogP) is 0.795. The van der Waals surface area contributed by atoms with Crippen molar-refractivity contribution in [1.29, 1.82) is 0 Å². The summed E-state index contributed by atoms with van der Waals surface area (Å²) < 4.78 is 5.28. The second-order valence-electron chi connectivity index (χ2n) is 3.69. The first-order chi connectivity index (χ1) is 5.63. The van der Waals surface area contributed by atoms with E-state index < -0.39 is 0 Å². The smallest absolute Gasteiger partial charge is 0.228 e. The molecule has 1 heterocycles. The van der Waals surface area contributed by atoms with Crippen LogP contribution in [0.3, 0.4) is 0 Å². The third-order valence-corrected chi connectivity index (χ3v) is 2.84. The monoisotopic (exact) mass is 171 g/mol. The molecule has 0 aliphatic carbocycles. The second-order valence-corrected chi connectivity index (χ2v) is 3.69. The van der Waals surface area contributed by atoms with Crippen LogP contribution in [0, 0.1) is 11.3 Å². The summed E-state index contributed by atoms with van der Waals surface area (Å²) in [6, 6.07) is 0. The van der Waals surface area contributed by atoms with Crippen LogP contribution in [0.4, 0.5) is 0 Å². The maximum Gasteiger partial charge on any atom is 0.228 e. The van der Waals surface area contributed by atoms with Gasteiger partial charge in [-0.2, -0.15) is 0 Å². The fourth-order valence-corrected chi connectivity index (χ4v) is 1.73. The molecule has 0 bridgehead atoms. The van der Waals surface area contributed by atoms with Crippen molar-refractivity contribution in [2.24, 2.45) is 11.3 Å². The molecular formula is C9H17NO2. The molecule has 12 heavy (non-hydrogen) atoms. The van der Waals surface area contributed by atoms with Crippen LogP contribution in [0.1, 0.15) is 20.3 Å².